The van der Waals surface area contributed by atoms with Gasteiger partial charge in [-0.2, -0.15) is 0 Å². The standard InChI is InChI=1S/C28H17NS/c1-2-9-19(10-3-1)29-23-16-14-18-8-4-5-11-20(18)26(23)27-24(29)17-15-22-21-12-6-7-13-25(21)30-28(22)27/h1-17H. The molecule has 2 heteroatoms. The van der Waals surface area contributed by atoms with Crippen molar-refractivity contribution in [1.82, 2.24) is 4.57 Å². The molecule has 0 amide bonds. The molecule has 0 N–H and O–H groups in total. The summed E-state index contributed by atoms with van der Waals surface area (Å²) in [6.45, 7) is 0. The zero-order chi connectivity index (χ0) is 19.7. The second kappa shape index (κ2) is 5.94. The summed E-state index contributed by atoms with van der Waals surface area (Å²) < 4.78 is 5.14. The molecule has 0 saturated heterocycles. The summed E-state index contributed by atoms with van der Waals surface area (Å²) in [6, 6.07) is 37.4. The van der Waals surface area contributed by atoms with Crippen molar-refractivity contribution in [3.63, 3.8) is 0 Å². The number of para-hydroxylation sites is 1. The van der Waals surface area contributed by atoms with Crippen LogP contribution < -0.4 is 0 Å². The minimum Gasteiger partial charge on any atom is -0.309 e. The summed E-state index contributed by atoms with van der Waals surface area (Å²) in [6.07, 6.45) is 0. The van der Waals surface area contributed by atoms with Crippen molar-refractivity contribution in [2.75, 3.05) is 0 Å². The topological polar surface area (TPSA) is 4.93 Å². The van der Waals surface area contributed by atoms with E-state index in [-0.39, 0.29) is 0 Å². The Balaban J connectivity index is 1.81. The average molecular weight is 400 g/mol. The number of nitrogens with zero attached hydrogens (tertiary/aromatic N) is 1. The molecule has 7 rings (SSSR count). The lowest BCUT2D eigenvalue weighted by molar-refractivity contribution is 1.18. The van der Waals surface area contributed by atoms with Crippen LogP contribution in [0.15, 0.2) is 103 Å². The van der Waals surface area contributed by atoms with Gasteiger partial charge in [0.1, 0.15) is 0 Å². The Hall–Kier alpha value is -3.62. The van der Waals surface area contributed by atoms with Gasteiger partial charge in [-0.1, -0.05) is 72.8 Å². The Morgan fingerprint density at radius 3 is 2.10 bits per heavy atom. The molecule has 0 spiro atoms. The quantitative estimate of drug-likeness (QED) is 0.262. The van der Waals surface area contributed by atoms with Gasteiger partial charge in [0.15, 0.2) is 0 Å². The Kier molecular flexibility index (Phi) is 3.21. The molecule has 0 aliphatic carbocycles. The van der Waals surface area contributed by atoms with Gasteiger partial charge in [0.25, 0.3) is 0 Å². The third kappa shape index (κ3) is 2.06. The fraction of sp³-hybridized carbons (Fsp3) is 0. The van der Waals surface area contributed by atoms with Crippen LogP contribution >= 0.6 is 11.3 Å². The molecule has 2 heterocycles. The minimum absolute atomic E-state index is 1.20. The maximum Gasteiger partial charge on any atom is 0.0555 e. The maximum atomic E-state index is 2.42. The summed E-state index contributed by atoms with van der Waals surface area (Å²) in [7, 11) is 0. The van der Waals surface area contributed by atoms with Crippen molar-refractivity contribution < 1.29 is 0 Å². The van der Waals surface area contributed by atoms with E-state index in [2.05, 4.69) is 108 Å². The molecule has 0 radical (unpaired) electrons. The Morgan fingerprint density at radius 1 is 0.500 bits per heavy atom. The van der Waals surface area contributed by atoms with E-state index < -0.39 is 0 Å². The Labute approximate surface area is 177 Å². The van der Waals surface area contributed by atoms with Gasteiger partial charge in [-0.3, -0.25) is 0 Å². The predicted octanol–water partition coefficient (Wildman–Crippen LogP) is 8.30. The highest BCUT2D eigenvalue weighted by Crippen LogP contribution is 2.44. The molecule has 7 aromatic rings. The maximum absolute atomic E-state index is 2.42. The molecular formula is C28H17NS. The zero-order valence-electron chi connectivity index (χ0n) is 16.2. The van der Waals surface area contributed by atoms with Crippen LogP contribution in [0.4, 0.5) is 0 Å². The highest BCUT2D eigenvalue weighted by Gasteiger charge is 2.18. The molecule has 0 atom stereocenters. The lowest BCUT2D eigenvalue weighted by Gasteiger charge is -2.08. The number of hydrogen-bond donors (Lipinski definition) is 0. The van der Waals surface area contributed by atoms with Crippen LogP contribution in [0.2, 0.25) is 0 Å². The first-order chi connectivity index (χ1) is 14.9. The van der Waals surface area contributed by atoms with E-state index in [1.165, 1.54) is 58.4 Å². The fourth-order valence-corrected chi connectivity index (χ4v) is 6.15. The highest BCUT2D eigenvalue weighted by atomic mass is 32.1. The normalized spacial score (nSPS) is 12.0. The van der Waals surface area contributed by atoms with Crippen molar-refractivity contribution in [3.05, 3.63) is 103 Å². The zero-order valence-corrected chi connectivity index (χ0v) is 17.0. The van der Waals surface area contributed by atoms with Crippen molar-refractivity contribution in [2.45, 2.75) is 0 Å². The predicted molar refractivity (Wildman–Crippen MR) is 131 cm³/mol. The molecule has 0 unspecified atom stereocenters. The van der Waals surface area contributed by atoms with Crippen LogP contribution in [0.5, 0.6) is 0 Å². The number of fused-ring (bicyclic) bond motifs is 9. The third-order valence-electron chi connectivity index (χ3n) is 6.18. The van der Waals surface area contributed by atoms with E-state index >= 15 is 0 Å². The van der Waals surface area contributed by atoms with Gasteiger partial charge in [-0.05, 0) is 41.1 Å². The largest absolute Gasteiger partial charge is 0.309 e. The monoisotopic (exact) mass is 399 g/mol. The van der Waals surface area contributed by atoms with E-state index in [4.69, 9.17) is 0 Å². The average Bonchev–Trinajstić information content (AvgIpc) is 3.35. The molecule has 0 bridgehead atoms. The summed E-state index contributed by atoms with van der Waals surface area (Å²) in [4.78, 5) is 0. The highest BCUT2D eigenvalue weighted by molar-refractivity contribution is 7.26. The van der Waals surface area contributed by atoms with Crippen molar-refractivity contribution in [2.24, 2.45) is 0 Å². The summed E-state index contributed by atoms with van der Waals surface area (Å²) >= 11 is 1.91. The van der Waals surface area contributed by atoms with E-state index in [0.29, 0.717) is 0 Å². The van der Waals surface area contributed by atoms with E-state index in [0.717, 1.165) is 0 Å². The molecule has 0 fully saturated rings. The van der Waals surface area contributed by atoms with Crippen molar-refractivity contribution >= 4 is 64.1 Å². The molecular weight excluding hydrogens is 382 g/mol. The molecule has 0 saturated carbocycles. The van der Waals surface area contributed by atoms with Gasteiger partial charge in [0, 0.05) is 36.6 Å². The number of aromatic nitrogens is 1. The molecule has 2 aromatic heterocycles. The lowest BCUT2D eigenvalue weighted by Crippen LogP contribution is -1.92. The van der Waals surface area contributed by atoms with Crippen LogP contribution in [-0.2, 0) is 0 Å². The lowest BCUT2D eigenvalue weighted by atomic mass is 10.0. The minimum atomic E-state index is 1.20. The molecule has 0 aliphatic heterocycles. The first kappa shape index (κ1) is 16.2. The second-order valence-electron chi connectivity index (χ2n) is 7.79. The first-order valence-electron chi connectivity index (χ1n) is 10.2. The molecule has 1 nitrogen and oxygen atoms in total. The van der Waals surface area contributed by atoms with Gasteiger partial charge >= 0.3 is 0 Å². The Morgan fingerprint density at radius 2 is 1.20 bits per heavy atom. The van der Waals surface area contributed by atoms with Gasteiger partial charge in [-0.15, -0.1) is 11.3 Å². The summed E-state index contributed by atoms with van der Waals surface area (Å²) in [5.74, 6) is 0. The van der Waals surface area contributed by atoms with Crippen LogP contribution in [0, 0.1) is 0 Å². The summed E-state index contributed by atoms with van der Waals surface area (Å²) in [5.41, 5.74) is 3.74. The molecule has 30 heavy (non-hydrogen) atoms. The van der Waals surface area contributed by atoms with Crippen molar-refractivity contribution in [3.8, 4) is 5.69 Å². The third-order valence-corrected chi connectivity index (χ3v) is 7.38. The first-order valence-corrected chi connectivity index (χ1v) is 11.0. The summed E-state index contributed by atoms with van der Waals surface area (Å²) in [5, 5.41) is 8.02. The van der Waals surface area contributed by atoms with Gasteiger partial charge in [0.2, 0.25) is 0 Å². The molecule has 5 aromatic carbocycles. The Bertz CT molecular complexity index is 1740. The van der Waals surface area contributed by atoms with Gasteiger partial charge in [-0.25, -0.2) is 0 Å². The SMILES string of the molecule is c1ccc(-n2c3ccc4ccccc4c3c3c4sc5ccccc5c4ccc32)cc1. The number of hydrogen-bond acceptors (Lipinski definition) is 1. The van der Waals surface area contributed by atoms with Crippen LogP contribution in [0.1, 0.15) is 0 Å². The van der Waals surface area contributed by atoms with Crippen LogP contribution in [-0.4, -0.2) is 4.57 Å². The van der Waals surface area contributed by atoms with Gasteiger partial charge in [0.05, 0.1) is 11.0 Å². The fourth-order valence-electron chi connectivity index (χ4n) is 4.90. The smallest absolute Gasteiger partial charge is 0.0555 e. The molecule has 0 aliphatic rings. The van der Waals surface area contributed by atoms with Crippen LogP contribution in [0.3, 0.4) is 0 Å². The molecule has 140 valence electrons. The number of thiophene rings is 1. The second-order valence-corrected chi connectivity index (χ2v) is 8.84. The number of benzene rings is 5. The van der Waals surface area contributed by atoms with E-state index in [1.54, 1.807) is 0 Å². The van der Waals surface area contributed by atoms with Crippen molar-refractivity contribution in [1.29, 1.82) is 0 Å². The van der Waals surface area contributed by atoms with Gasteiger partial charge < -0.3 is 4.57 Å². The van der Waals surface area contributed by atoms with Crippen LogP contribution in [0.25, 0.3) is 58.4 Å². The van der Waals surface area contributed by atoms with E-state index in [1.807, 2.05) is 11.3 Å². The van der Waals surface area contributed by atoms with E-state index in [9.17, 15) is 0 Å². The number of rotatable bonds is 1.